The predicted octanol–water partition coefficient (Wildman–Crippen LogP) is 0.428. The lowest BCUT2D eigenvalue weighted by Gasteiger charge is -2.03. The number of aromatic nitrogens is 1. The van der Waals surface area contributed by atoms with Crippen LogP contribution in [0.15, 0.2) is 6.20 Å². The zero-order chi connectivity index (χ0) is 8.97. The van der Waals surface area contributed by atoms with Crippen LogP contribution in [-0.4, -0.2) is 27.8 Å². The Morgan fingerprint density at radius 1 is 1.75 bits per heavy atom. The Balaban J connectivity index is 2.41. The van der Waals surface area contributed by atoms with E-state index in [-0.39, 0.29) is 12.7 Å². The minimum atomic E-state index is -0.383. The van der Waals surface area contributed by atoms with Crippen LogP contribution in [0.2, 0.25) is 0 Å². The Hall–Kier alpha value is -0.650. The van der Waals surface area contributed by atoms with Crippen molar-refractivity contribution in [2.24, 2.45) is 0 Å². The number of rotatable bonds is 4. The van der Waals surface area contributed by atoms with Crippen molar-refractivity contribution in [2.45, 2.75) is 19.6 Å². The molecule has 12 heavy (non-hydrogen) atoms. The lowest BCUT2D eigenvalue weighted by Crippen LogP contribution is -2.14. The summed E-state index contributed by atoms with van der Waals surface area (Å²) in [5.74, 6) is 0. The van der Waals surface area contributed by atoms with E-state index in [0.717, 1.165) is 10.0 Å². The van der Waals surface area contributed by atoms with Crippen molar-refractivity contribution in [3.05, 3.63) is 11.1 Å². The fraction of sp³-hybridized carbons (Fsp3) is 0.571. The molecule has 0 saturated carbocycles. The number of anilines is 1. The third-order valence-corrected chi connectivity index (χ3v) is 2.20. The summed E-state index contributed by atoms with van der Waals surface area (Å²) in [5, 5.41) is 21.3. The summed E-state index contributed by atoms with van der Waals surface area (Å²) in [4.78, 5) is 4.82. The normalized spacial score (nSPS) is 12.9. The third-order valence-electron chi connectivity index (χ3n) is 1.26. The number of aliphatic hydroxyl groups is 2. The van der Waals surface area contributed by atoms with Crippen LogP contribution in [0.25, 0.3) is 0 Å². The molecular formula is C7H12N2O2S. The van der Waals surface area contributed by atoms with Gasteiger partial charge in [0.1, 0.15) is 0 Å². The van der Waals surface area contributed by atoms with Crippen LogP contribution in [0.5, 0.6) is 0 Å². The van der Waals surface area contributed by atoms with Gasteiger partial charge in [0.15, 0.2) is 5.13 Å². The lowest BCUT2D eigenvalue weighted by atomic mass is 10.4. The number of thiazole rings is 1. The average Bonchev–Trinajstić information content (AvgIpc) is 2.48. The van der Waals surface area contributed by atoms with E-state index in [2.05, 4.69) is 10.3 Å². The molecule has 0 radical (unpaired) electrons. The molecule has 1 atom stereocenters. The molecule has 5 heteroatoms. The van der Waals surface area contributed by atoms with Crippen molar-refractivity contribution in [3.8, 4) is 0 Å². The Morgan fingerprint density at radius 2 is 2.50 bits per heavy atom. The summed E-state index contributed by atoms with van der Waals surface area (Å²) in [6.07, 6.45) is 1.24. The molecular weight excluding hydrogens is 176 g/mol. The van der Waals surface area contributed by atoms with E-state index in [1.807, 2.05) is 0 Å². The van der Waals surface area contributed by atoms with Gasteiger partial charge in [-0.15, -0.1) is 0 Å². The highest BCUT2D eigenvalue weighted by Gasteiger charge is 2.00. The van der Waals surface area contributed by atoms with Gasteiger partial charge in [-0.1, -0.05) is 11.3 Å². The van der Waals surface area contributed by atoms with Gasteiger partial charge in [-0.25, -0.2) is 4.98 Å². The number of hydrogen-bond acceptors (Lipinski definition) is 5. The largest absolute Gasteiger partial charge is 0.392 e. The van der Waals surface area contributed by atoms with Crippen LogP contribution < -0.4 is 5.32 Å². The zero-order valence-electron chi connectivity index (χ0n) is 6.82. The second kappa shape index (κ2) is 4.39. The summed E-state index contributed by atoms with van der Waals surface area (Å²) in [5.41, 5.74) is 0. The maximum Gasteiger partial charge on any atom is 0.183 e. The van der Waals surface area contributed by atoms with Crippen molar-refractivity contribution < 1.29 is 10.2 Å². The van der Waals surface area contributed by atoms with E-state index in [4.69, 9.17) is 10.2 Å². The van der Waals surface area contributed by atoms with E-state index < -0.39 is 0 Å². The summed E-state index contributed by atoms with van der Waals surface area (Å²) >= 11 is 1.39. The van der Waals surface area contributed by atoms with E-state index in [1.165, 1.54) is 11.3 Å². The molecule has 1 heterocycles. The van der Waals surface area contributed by atoms with Crippen LogP contribution in [0.1, 0.15) is 11.8 Å². The Morgan fingerprint density at radius 3 is 3.00 bits per heavy atom. The van der Waals surface area contributed by atoms with Gasteiger partial charge < -0.3 is 15.5 Å². The number of nitrogens with zero attached hydrogens (tertiary/aromatic N) is 1. The average molecular weight is 188 g/mol. The van der Waals surface area contributed by atoms with Crippen LogP contribution in [0.4, 0.5) is 5.13 Å². The highest BCUT2D eigenvalue weighted by Crippen LogP contribution is 2.17. The Kier molecular flexibility index (Phi) is 3.46. The molecule has 0 aliphatic heterocycles. The standard InChI is InChI=1S/C7H12N2O2S/c1-5(11)2-8-7-9-3-6(4-10)12-7/h3,5,10-11H,2,4H2,1H3,(H,8,9). The van der Waals surface area contributed by atoms with Gasteiger partial charge in [0.25, 0.3) is 0 Å². The number of hydrogen-bond donors (Lipinski definition) is 3. The summed E-state index contributed by atoms with van der Waals surface area (Å²) in [6.45, 7) is 2.21. The second-order valence-corrected chi connectivity index (χ2v) is 3.63. The van der Waals surface area contributed by atoms with Crippen LogP contribution in [0, 0.1) is 0 Å². The molecule has 0 aliphatic rings. The number of nitrogens with one attached hydrogen (secondary N) is 1. The molecule has 0 spiro atoms. The SMILES string of the molecule is CC(O)CNc1ncc(CO)s1. The molecule has 0 amide bonds. The first-order valence-corrected chi connectivity index (χ1v) is 4.51. The monoisotopic (exact) mass is 188 g/mol. The smallest absolute Gasteiger partial charge is 0.183 e. The maximum absolute atomic E-state index is 8.94. The maximum atomic E-state index is 8.94. The van der Waals surface area contributed by atoms with Crippen LogP contribution in [0.3, 0.4) is 0 Å². The highest BCUT2D eigenvalue weighted by molar-refractivity contribution is 7.15. The van der Waals surface area contributed by atoms with Gasteiger partial charge in [0.2, 0.25) is 0 Å². The minimum absolute atomic E-state index is 0.0219. The van der Waals surface area contributed by atoms with Crippen molar-refractivity contribution in [1.29, 1.82) is 0 Å². The van der Waals surface area contributed by atoms with Gasteiger partial charge in [-0.3, -0.25) is 0 Å². The van der Waals surface area contributed by atoms with Gasteiger partial charge >= 0.3 is 0 Å². The van der Waals surface area contributed by atoms with E-state index in [1.54, 1.807) is 13.1 Å². The van der Waals surface area contributed by atoms with Crippen LogP contribution in [-0.2, 0) is 6.61 Å². The van der Waals surface area contributed by atoms with E-state index in [9.17, 15) is 0 Å². The summed E-state index contributed by atoms with van der Waals surface area (Å²) < 4.78 is 0. The van der Waals surface area contributed by atoms with Crippen molar-refractivity contribution in [1.82, 2.24) is 4.98 Å². The van der Waals surface area contributed by atoms with E-state index >= 15 is 0 Å². The summed E-state index contributed by atoms with van der Waals surface area (Å²) in [6, 6.07) is 0. The van der Waals surface area contributed by atoms with Gasteiger partial charge in [0.05, 0.1) is 17.6 Å². The first kappa shape index (κ1) is 9.44. The van der Waals surface area contributed by atoms with Crippen LogP contribution >= 0.6 is 11.3 Å². The van der Waals surface area contributed by atoms with Crippen molar-refractivity contribution >= 4 is 16.5 Å². The summed E-state index contributed by atoms with van der Waals surface area (Å²) in [7, 11) is 0. The third kappa shape index (κ3) is 2.77. The second-order valence-electron chi connectivity index (χ2n) is 2.52. The predicted molar refractivity (Wildman–Crippen MR) is 48.2 cm³/mol. The fourth-order valence-electron chi connectivity index (χ4n) is 0.697. The molecule has 0 aromatic carbocycles. The first-order valence-electron chi connectivity index (χ1n) is 3.70. The molecule has 0 aliphatic carbocycles. The molecule has 1 unspecified atom stereocenters. The molecule has 1 aromatic rings. The molecule has 0 bridgehead atoms. The zero-order valence-corrected chi connectivity index (χ0v) is 7.64. The van der Waals surface area contributed by atoms with Gasteiger partial charge in [-0.05, 0) is 6.92 Å². The molecule has 4 nitrogen and oxygen atoms in total. The molecule has 0 fully saturated rings. The molecule has 1 aromatic heterocycles. The highest BCUT2D eigenvalue weighted by atomic mass is 32.1. The molecule has 0 saturated heterocycles. The van der Waals surface area contributed by atoms with Gasteiger partial charge in [-0.2, -0.15) is 0 Å². The van der Waals surface area contributed by atoms with Gasteiger partial charge in [0, 0.05) is 12.7 Å². The minimum Gasteiger partial charge on any atom is -0.392 e. The van der Waals surface area contributed by atoms with Crippen molar-refractivity contribution in [2.75, 3.05) is 11.9 Å². The molecule has 68 valence electrons. The Labute approximate surface area is 74.9 Å². The van der Waals surface area contributed by atoms with E-state index in [0.29, 0.717) is 6.54 Å². The molecule has 3 N–H and O–H groups in total. The number of aliphatic hydroxyl groups excluding tert-OH is 2. The lowest BCUT2D eigenvalue weighted by molar-refractivity contribution is 0.208. The van der Waals surface area contributed by atoms with Crippen molar-refractivity contribution in [3.63, 3.8) is 0 Å². The molecule has 1 rings (SSSR count). The first-order chi connectivity index (χ1) is 5.72. The topological polar surface area (TPSA) is 65.4 Å². The quantitative estimate of drug-likeness (QED) is 0.641. The Bertz CT molecular complexity index is 237. The fourth-order valence-corrected chi connectivity index (χ4v) is 1.38.